The van der Waals surface area contributed by atoms with E-state index >= 15 is 0 Å². The molecule has 3 aromatic heterocycles. The molecule has 0 saturated carbocycles. The molecule has 0 bridgehead atoms. The molecule has 0 spiro atoms. The minimum atomic E-state index is 0.589. The van der Waals surface area contributed by atoms with E-state index in [1.807, 2.05) is 24.4 Å². The summed E-state index contributed by atoms with van der Waals surface area (Å²) in [6.07, 6.45) is 1.77. The molecule has 0 amide bonds. The van der Waals surface area contributed by atoms with Crippen LogP contribution < -0.4 is 5.32 Å². The van der Waals surface area contributed by atoms with E-state index in [-0.39, 0.29) is 0 Å². The van der Waals surface area contributed by atoms with Crippen LogP contribution in [0.25, 0.3) is 21.6 Å². The standard InChI is InChI=1S/C12H12N4OS/c1-2-13-7-11-15-12(16-17-11)8-5-10-9(14-6-8)3-4-18-10/h3-6,13H,2,7H2,1H3. The largest absolute Gasteiger partial charge is 0.338 e. The minimum absolute atomic E-state index is 0.589. The zero-order valence-electron chi connectivity index (χ0n) is 9.88. The number of hydrogen-bond donors (Lipinski definition) is 1. The van der Waals surface area contributed by atoms with Gasteiger partial charge in [0, 0.05) is 11.8 Å². The number of fused-ring (bicyclic) bond motifs is 1. The van der Waals surface area contributed by atoms with Crippen LogP contribution in [0.5, 0.6) is 0 Å². The van der Waals surface area contributed by atoms with Crippen LogP contribution in [0.4, 0.5) is 0 Å². The first kappa shape index (κ1) is 11.3. The van der Waals surface area contributed by atoms with Gasteiger partial charge in [-0.1, -0.05) is 12.1 Å². The van der Waals surface area contributed by atoms with Crippen molar-refractivity contribution in [2.75, 3.05) is 6.54 Å². The van der Waals surface area contributed by atoms with Crippen LogP contribution in [0, 0.1) is 0 Å². The molecule has 5 nitrogen and oxygen atoms in total. The Bertz CT molecular complexity index is 661. The second-order valence-corrected chi connectivity index (χ2v) is 4.77. The quantitative estimate of drug-likeness (QED) is 0.780. The molecule has 0 aliphatic heterocycles. The summed E-state index contributed by atoms with van der Waals surface area (Å²) in [6, 6.07) is 4.03. The molecule has 3 heterocycles. The van der Waals surface area contributed by atoms with Gasteiger partial charge in [0.25, 0.3) is 0 Å². The lowest BCUT2D eigenvalue weighted by Crippen LogP contribution is -2.11. The summed E-state index contributed by atoms with van der Waals surface area (Å²) < 4.78 is 6.30. The average Bonchev–Trinajstić information content (AvgIpc) is 3.04. The monoisotopic (exact) mass is 260 g/mol. The average molecular weight is 260 g/mol. The summed E-state index contributed by atoms with van der Waals surface area (Å²) in [5.41, 5.74) is 1.89. The van der Waals surface area contributed by atoms with Crippen molar-refractivity contribution in [3.63, 3.8) is 0 Å². The van der Waals surface area contributed by atoms with Crippen LogP contribution >= 0.6 is 11.3 Å². The number of thiophene rings is 1. The van der Waals surface area contributed by atoms with Crippen LogP contribution in [0.2, 0.25) is 0 Å². The fourth-order valence-electron chi connectivity index (χ4n) is 1.64. The second-order valence-electron chi connectivity index (χ2n) is 3.82. The maximum atomic E-state index is 5.17. The van der Waals surface area contributed by atoms with Crippen LogP contribution in [0.3, 0.4) is 0 Å². The Balaban J connectivity index is 1.90. The first-order chi connectivity index (χ1) is 8.86. The van der Waals surface area contributed by atoms with Crippen LogP contribution in [-0.4, -0.2) is 21.7 Å². The molecule has 3 rings (SSSR count). The molecular weight excluding hydrogens is 248 g/mol. The summed E-state index contributed by atoms with van der Waals surface area (Å²) in [4.78, 5) is 8.70. The molecule has 0 aliphatic rings. The molecule has 0 radical (unpaired) electrons. The number of nitrogens with zero attached hydrogens (tertiary/aromatic N) is 3. The summed E-state index contributed by atoms with van der Waals surface area (Å²) in [5, 5.41) is 9.14. The summed E-state index contributed by atoms with van der Waals surface area (Å²) >= 11 is 1.66. The van der Waals surface area contributed by atoms with Crippen molar-refractivity contribution in [1.82, 2.24) is 20.4 Å². The zero-order valence-corrected chi connectivity index (χ0v) is 10.7. The normalized spacial score (nSPS) is 11.2. The van der Waals surface area contributed by atoms with Crippen molar-refractivity contribution in [3.8, 4) is 11.4 Å². The van der Waals surface area contributed by atoms with Crippen molar-refractivity contribution in [1.29, 1.82) is 0 Å². The minimum Gasteiger partial charge on any atom is -0.338 e. The first-order valence-electron chi connectivity index (χ1n) is 5.73. The lowest BCUT2D eigenvalue weighted by molar-refractivity contribution is 0.369. The van der Waals surface area contributed by atoms with Gasteiger partial charge >= 0.3 is 0 Å². The lowest BCUT2D eigenvalue weighted by Gasteiger charge is -1.94. The van der Waals surface area contributed by atoms with E-state index in [9.17, 15) is 0 Å². The Morgan fingerprint density at radius 3 is 3.28 bits per heavy atom. The Morgan fingerprint density at radius 2 is 2.39 bits per heavy atom. The number of nitrogens with one attached hydrogen (secondary N) is 1. The summed E-state index contributed by atoms with van der Waals surface area (Å²) in [6.45, 7) is 3.50. The third kappa shape index (κ3) is 2.12. The molecular formula is C12H12N4OS. The Hall–Kier alpha value is -1.79. The van der Waals surface area contributed by atoms with Gasteiger partial charge in [-0.05, 0) is 24.1 Å². The summed E-state index contributed by atoms with van der Waals surface area (Å²) in [5.74, 6) is 1.18. The van der Waals surface area contributed by atoms with Crippen LogP contribution in [-0.2, 0) is 6.54 Å². The first-order valence-corrected chi connectivity index (χ1v) is 6.61. The lowest BCUT2D eigenvalue weighted by atomic mass is 10.2. The predicted octanol–water partition coefficient (Wildman–Crippen LogP) is 2.46. The highest BCUT2D eigenvalue weighted by molar-refractivity contribution is 7.17. The molecule has 0 atom stereocenters. The van der Waals surface area contributed by atoms with Gasteiger partial charge in [0.2, 0.25) is 11.7 Å². The Morgan fingerprint density at radius 1 is 1.44 bits per heavy atom. The van der Waals surface area contributed by atoms with Crippen molar-refractivity contribution >= 4 is 21.6 Å². The van der Waals surface area contributed by atoms with Gasteiger partial charge < -0.3 is 9.84 Å². The van der Waals surface area contributed by atoms with Gasteiger partial charge in [-0.15, -0.1) is 11.3 Å². The predicted molar refractivity (Wildman–Crippen MR) is 70.3 cm³/mol. The molecule has 0 aliphatic carbocycles. The van der Waals surface area contributed by atoms with E-state index in [0.29, 0.717) is 18.3 Å². The molecule has 92 valence electrons. The Labute approximate surface area is 108 Å². The van der Waals surface area contributed by atoms with Gasteiger partial charge in [0.15, 0.2) is 0 Å². The van der Waals surface area contributed by atoms with Gasteiger partial charge in [-0.3, -0.25) is 4.98 Å². The van der Waals surface area contributed by atoms with Crippen molar-refractivity contribution in [2.24, 2.45) is 0 Å². The van der Waals surface area contributed by atoms with Gasteiger partial charge in [-0.2, -0.15) is 4.98 Å². The van der Waals surface area contributed by atoms with Crippen LogP contribution in [0.15, 0.2) is 28.2 Å². The smallest absolute Gasteiger partial charge is 0.240 e. The molecule has 0 saturated heterocycles. The van der Waals surface area contributed by atoms with Gasteiger partial charge in [0.05, 0.1) is 16.8 Å². The van der Waals surface area contributed by atoms with E-state index in [1.54, 1.807) is 17.5 Å². The maximum Gasteiger partial charge on any atom is 0.240 e. The summed E-state index contributed by atoms with van der Waals surface area (Å²) in [7, 11) is 0. The van der Waals surface area contributed by atoms with E-state index in [4.69, 9.17) is 4.52 Å². The molecule has 3 aromatic rings. The molecule has 6 heteroatoms. The van der Waals surface area contributed by atoms with Gasteiger partial charge in [-0.25, -0.2) is 0 Å². The molecule has 0 aromatic carbocycles. The van der Waals surface area contributed by atoms with E-state index in [2.05, 4.69) is 20.4 Å². The highest BCUT2D eigenvalue weighted by atomic mass is 32.1. The highest BCUT2D eigenvalue weighted by Gasteiger charge is 2.09. The SMILES string of the molecule is CCNCc1nc(-c2cnc3ccsc3c2)no1. The van der Waals surface area contributed by atoms with E-state index < -0.39 is 0 Å². The zero-order chi connectivity index (χ0) is 12.4. The van der Waals surface area contributed by atoms with Crippen molar-refractivity contribution < 1.29 is 4.52 Å². The topological polar surface area (TPSA) is 63.8 Å². The third-order valence-electron chi connectivity index (χ3n) is 2.56. The Kier molecular flexibility index (Phi) is 3.04. The fourth-order valence-corrected chi connectivity index (χ4v) is 2.42. The number of hydrogen-bond acceptors (Lipinski definition) is 6. The molecule has 0 unspecified atom stereocenters. The van der Waals surface area contributed by atoms with E-state index in [0.717, 1.165) is 22.3 Å². The highest BCUT2D eigenvalue weighted by Crippen LogP contribution is 2.24. The van der Waals surface area contributed by atoms with E-state index in [1.165, 1.54) is 0 Å². The second kappa shape index (κ2) is 4.83. The van der Waals surface area contributed by atoms with Crippen molar-refractivity contribution in [2.45, 2.75) is 13.5 Å². The molecule has 18 heavy (non-hydrogen) atoms. The molecule has 0 fully saturated rings. The van der Waals surface area contributed by atoms with Crippen molar-refractivity contribution in [3.05, 3.63) is 29.6 Å². The van der Waals surface area contributed by atoms with Crippen LogP contribution in [0.1, 0.15) is 12.8 Å². The third-order valence-corrected chi connectivity index (χ3v) is 3.41. The van der Waals surface area contributed by atoms with Gasteiger partial charge in [0.1, 0.15) is 0 Å². The molecule has 1 N–H and O–H groups in total. The number of pyridine rings is 1. The fraction of sp³-hybridized carbons (Fsp3) is 0.250. The number of rotatable bonds is 4. The maximum absolute atomic E-state index is 5.17. The number of aromatic nitrogens is 3.